The normalized spacial score (nSPS) is 31.7. The van der Waals surface area contributed by atoms with Crippen LogP contribution >= 0.6 is 0 Å². The molecule has 1 unspecified atom stereocenters. The molecule has 0 bridgehead atoms. The van der Waals surface area contributed by atoms with Gasteiger partial charge < -0.3 is 16.2 Å². The van der Waals surface area contributed by atoms with Gasteiger partial charge in [0, 0.05) is 5.54 Å². The summed E-state index contributed by atoms with van der Waals surface area (Å²) in [6.45, 7) is 0.783. The summed E-state index contributed by atoms with van der Waals surface area (Å²) in [5.41, 5.74) is 5.30. The Morgan fingerprint density at radius 3 is 1.77 bits per heavy atom. The SMILES string of the molecule is NC1(C2(C(=O)O)CCCCCCCN2)CCCCCCCC1. The van der Waals surface area contributed by atoms with Gasteiger partial charge in [-0.05, 0) is 32.2 Å². The molecule has 0 amide bonds. The Kier molecular flexibility index (Phi) is 6.69. The van der Waals surface area contributed by atoms with Gasteiger partial charge in [0.05, 0.1) is 0 Å². The number of carboxylic acids is 1. The van der Waals surface area contributed by atoms with E-state index < -0.39 is 17.0 Å². The highest BCUT2D eigenvalue weighted by Gasteiger charge is 2.53. The Labute approximate surface area is 135 Å². The molecule has 1 saturated heterocycles. The number of carbonyl (C=O) groups is 1. The molecule has 2 fully saturated rings. The fourth-order valence-electron chi connectivity index (χ4n) is 4.40. The predicted octanol–water partition coefficient (Wildman–Crippen LogP) is 3.59. The van der Waals surface area contributed by atoms with Gasteiger partial charge in [0.1, 0.15) is 5.54 Å². The third kappa shape index (κ3) is 4.02. The van der Waals surface area contributed by atoms with Crippen LogP contribution in [0.3, 0.4) is 0 Å². The van der Waals surface area contributed by atoms with Gasteiger partial charge in [0.15, 0.2) is 0 Å². The van der Waals surface area contributed by atoms with Crippen molar-refractivity contribution in [3.05, 3.63) is 0 Å². The number of nitrogens with one attached hydrogen (secondary N) is 1. The van der Waals surface area contributed by atoms with Crippen molar-refractivity contribution in [2.45, 2.75) is 101 Å². The maximum Gasteiger partial charge on any atom is 0.325 e. The molecule has 4 N–H and O–H groups in total. The summed E-state index contributed by atoms with van der Waals surface area (Å²) < 4.78 is 0. The number of nitrogens with two attached hydrogens (primary N) is 1. The molecule has 1 saturated carbocycles. The van der Waals surface area contributed by atoms with Crippen LogP contribution in [0.25, 0.3) is 0 Å². The Morgan fingerprint density at radius 2 is 1.23 bits per heavy atom. The van der Waals surface area contributed by atoms with Gasteiger partial charge in [-0.3, -0.25) is 4.79 Å². The Balaban J connectivity index is 2.25. The zero-order chi connectivity index (χ0) is 15.9. The lowest BCUT2D eigenvalue weighted by Crippen LogP contribution is -2.71. The Bertz CT molecular complexity index is 337. The standard InChI is InChI=1S/C18H34N2O2/c19-17(12-8-4-1-2-5-9-13-17)18(16(21)22)14-10-6-3-7-11-15-20-18/h20H,1-15,19H2,(H,21,22). The predicted molar refractivity (Wildman–Crippen MR) is 89.9 cm³/mol. The number of rotatable bonds is 2. The third-order valence-corrected chi connectivity index (χ3v) is 5.87. The summed E-state index contributed by atoms with van der Waals surface area (Å²) in [6.07, 6.45) is 15.0. The van der Waals surface area contributed by atoms with Crippen molar-refractivity contribution in [3.63, 3.8) is 0 Å². The zero-order valence-electron chi connectivity index (χ0n) is 14.0. The van der Waals surface area contributed by atoms with E-state index in [1.54, 1.807) is 0 Å². The molecule has 1 atom stereocenters. The van der Waals surface area contributed by atoms with E-state index in [9.17, 15) is 9.90 Å². The van der Waals surface area contributed by atoms with Crippen molar-refractivity contribution in [1.82, 2.24) is 5.32 Å². The summed E-state index contributed by atoms with van der Waals surface area (Å²) in [4.78, 5) is 12.3. The van der Waals surface area contributed by atoms with Crippen LogP contribution in [0.15, 0.2) is 0 Å². The van der Waals surface area contributed by atoms with E-state index >= 15 is 0 Å². The minimum atomic E-state index is -0.929. The lowest BCUT2D eigenvalue weighted by Gasteiger charge is -2.46. The largest absolute Gasteiger partial charge is 0.480 e. The van der Waals surface area contributed by atoms with E-state index in [1.165, 1.54) is 38.5 Å². The van der Waals surface area contributed by atoms with E-state index in [2.05, 4.69) is 5.32 Å². The van der Waals surface area contributed by atoms with E-state index in [4.69, 9.17) is 5.73 Å². The lowest BCUT2D eigenvalue weighted by atomic mass is 9.68. The second-order valence-electron chi connectivity index (χ2n) is 7.43. The van der Waals surface area contributed by atoms with Crippen molar-refractivity contribution in [2.24, 2.45) is 5.73 Å². The quantitative estimate of drug-likeness (QED) is 0.728. The molecule has 2 aliphatic rings. The Hall–Kier alpha value is -0.610. The first-order valence-corrected chi connectivity index (χ1v) is 9.38. The molecule has 0 spiro atoms. The summed E-state index contributed by atoms with van der Waals surface area (Å²) in [5, 5.41) is 13.5. The van der Waals surface area contributed by atoms with Crippen molar-refractivity contribution in [2.75, 3.05) is 6.54 Å². The lowest BCUT2D eigenvalue weighted by molar-refractivity contribution is -0.149. The minimum Gasteiger partial charge on any atom is -0.480 e. The van der Waals surface area contributed by atoms with Crippen LogP contribution in [-0.2, 0) is 4.79 Å². The molecule has 2 rings (SSSR count). The van der Waals surface area contributed by atoms with Crippen LogP contribution in [0.1, 0.15) is 89.9 Å². The summed E-state index contributed by atoms with van der Waals surface area (Å²) in [5.74, 6) is -0.726. The molecule has 0 radical (unpaired) electrons. The van der Waals surface area contributed by atoms with E-state index in [0.717, 1.165) is 51.5 Å². The van der Waals surface area contributed by atoms with Crippen molar-refractivity contribution in [1.29, 1.82) is 0 Å². The molecule has 0 aromatic rings. The van der Waals surface area contributed by atoms with Crippen LogP contribution in [-0.4, -0.2) is 28.7 Å². The number of aliphatic carboxylic acids is 1. The fraction of sp³-hybridized carbons (Fsp3) is 0.944. The average molecular weight is 310 g/mol. The molecule has 128 valence electrons. The molecule has 0 aromatic heterocycles. The van der Waals surface area contributed by atoms with E-state index in [-0.39, 0.29) is 0 Å². The highest BCUT2D eigenvalue weighted by atomic mass is 16.4. The van der Waals surface area contributed by atoms with Gasteiger partial charge in [-0.25, -0.2) is 0 Å². The maximum atomic E-state index is 12.3. The summed E-state index contributed by atoms with van der Waals surface area (Å²) in [7, 11) is 0. The second kappa shape index (κ2) is 8.30. The van der Waals surface area contributed by atoms with Crippen LogP contribution in [0.5, 0.6) is 0 Å². The average Bonchev–Trinajstić information content (AvgIpc) is 2.68. The van der Waals surface area contributed by atoms with Crippen LogP contribution in [0, 0.1) is 0 Å². The summed E-state index contributed by atoms with van der Waals surface area (Å²) in [6, 6.07) is 0. The summed E-state index contributed by atoms with van der Waals surface area (Å²) >= 11 is 0. The van der Waals surface area contributed by atoms with Crippen molar-refractivity contribution in [3.8, 4) is 0 Å². The molecular formula is C18H34N2O2. The van der Waals surface area contributed by atoms with Gasteiger partial charge in [-0.1, -0.05) is 64.2 Å². The number of carboxylic acid groups (broad SMARTS) is 1. The van der Waals surface area contributed by atoms with Crippen molar-refractivity contribution < 1.29 is 9.90 Å². The molecule has 1 aliphatic heterocycles. The number of hydrogen-bond donors (Lipinski definition) is 3. The zero-order valence-corrected chi connectivity index (χ0v) is 14.0. The van der Waals surface area contributed by atoms with Gasteiger partial charge >= 0.3 is 5.97 Å². The minimum absolute atomic E-state index is 0.604. The first-order valence-electron chi connectivity index (χ1n) is 9.38. The Morgan fingerprint density at radius 1 is 0.773 bits per heavy atom. The van der Waals surface area contributed by atoms with Gasteiger partial charge in [0.25, 0.3) is 0 Å². The second-order valence-corrected chi connectivity index (χ2v) is 7.43. The van der Waals surface area contributed by atoms with Crippen LogP contribution in [0.4, 0.5) is 0 Å². The molecule has 4 nitrogen and oxygen atoms in total. The van der Waals surface area contributed by atoms with E-state index in [1.807, 2.05) is 0 Å². The molecular weight excluding hydrogens is 276 g/mol. The van der Waals surface area contributed by atoms with E-state index in [0.29, 0.717) is 6.42 Å². The van der Waals surface area contributed by atoms with Gasteiger partial charge in [-0.2, -0.15) is 0 Å². The third-order valence-electron chi connectivity index (χ3n) is 5.87. The number of hydrogen-bond acceptors (Lipinski definition) is 3. The maximum absolute atomic E-state index is 12.3. The topological polar surface area (TPSA) is 75.4 Å². The molecule has 0 aromatic carbocycles. The molecule has 1 heterocycles. The monoisotopic (exact) mass is 310 g/mol. The molecule has 1 aliphatic carbocycles. The van der Waals surface area contributed by atoms with Gasteiger partial charge in [-0.15, -0.1) is 0 Å². The fourth-order valence-corrected chi connectivity index (χ4v) is 4.40. The van der Waals surface area contributed by atoms with Crippen LogP contribution < -0.4 is 11.1 Å². The highest BCUT2D eigenvalue weighted by molar-refractivity contribution is 5.81. The van der Waals surface area contributed by atoms with Crippen LogP contribution in [0.2, 0.25) is 0 Å². The van der Waals surface area contributed by atoms with Crippen molar-refractivity contribution >= 4 is 5.97 Å². The van der Waals surface area contributed by atoms with Gasteiger partial charge in [0.2, 0.25) is 0 Å². The molecule has 22 heavy (non-hydrogen) atoms. The first kappa shape index (κ1) is 17.7. The highest BCUT2D eigenvalue weighted by Crippen LogP contribution is 2.37. The first-order chi connectivity index (χ1) is 10.6. The molecule has 4 heteroatoms. The smallest absolute Gasteiger partial charge is 0.325 e.